The fourth-order valence-electron chi connectivity index (χ4n) is 2.73. The van der Waals surface area contributed by atoms with Gasteiger partial charge in [0, 0.05) is 13.1 Å². The van der Waals surface area contributed by atoms with Gasteiger partial charge in [-0.1, -0.05) is 30.3 Å². The van der Waals surface area contributed by atoms with Gasteiger partial charge >= 0.3 is 6.03 Å². The van der Waals surface area contributed by atoms with E-state index >= 15 is 0 Å². The number of hydrogen-bond acceptors (Lipinski definition) is 2. The number of nitrogens with one attached hydrogen (secondary N) is 2. The van der Waals surface area contributed by atoms with Crippen LogP contribution in [0.4, 0.5) is 4.79 Å². The summed E-state index contributed by atoms with van der Waals surface area (Å²) in [5.41, 5.74) is 1.20. The molecule has 4 heteroatoms. The Morgan fingerprint density at radius 1 is 1.29 bits per heavy atom. The van der Waals surface area contributed by atoms with E-state index in [0.29, 0.717) is 12.6 Å². The van der Waals surface area contributed by atoms with Crippen molar-refractivity contribution < 1.29 is 4.79 Å². The first-order valence-corrected chi connectivity index (χ1v) is 6.16. The SMILES string of the molecule is O=C1NC2CNCCC2N1Cc1ccccc1. The second-order valence-corrected chi connectivity index (χ2v) is 4.73. The van der Waals surface area contributed by atoms with E-state index in [-0.39, 0.29) is 12.1 Å². The second kappa shape index (κ2) is 4.37. The monoisotopic (exact) mass is 231 g/mol. The Morgan fingerprint density at radius 2 is 2.12 bits per heavy atom. The lowest BCUT2D eigenvalue weighted by molar-refractivity contribution is 0.189. The molecular weight excluding hydrogens is 214 g/mol. The average molecular weight is 231 g/mol. The number of carbonyl (C=O) groups excluding carboxylic acids is 1. The lowest BCUT2D eigenvalue weighted by atomic mass is 10.0. The Bertz CT molecular complexity index is 406. The van der Waals surface area contributed by atoms with Crippen molar-refractivity contribution in [1.82, 2.24) is 15.5 Å². The van der Waals surface area contributed by atoms with Crippen LogP contribution in [0.3, 0.4) is 0 Å². The van der Waals surface area contributed by atoms with E-state index < -0.39 is 0 Å². The van der Waals surface area contributed by atoms with Crippen molar-refractivity contribution in [3.05, 3.63) is 35.9 Å². The molecule has 2 N–H and O–H groups in total. The molecular formula is C13H17N3O. The molecule has 2 amide bonds. The quantitative estimate of drug-likeness (QED) is 0.795. The molecule has 17 heavy (non-hydrogen) atoms. The molecule has 0 spiro atoms. The second-order valence-electron chi connectivity index (χ2n) is 4.73. The maximum Gasteiger partial charge on any atom is 0.318 e. The van der Waals surface area contributed by atoms with Crippen molar-refractivity contribution in [2.75, 3.05) is 13.1 Å². The maximum absolute atomic E-state index is 11.9. The highest BCUT2D eigenvalue weighted by molar-refractivity contribution is 5.77. The summed E-state index contributed by atoms with van der Waals surface area (Å²) in [6.07, 6.45) is 1.04. The topological polar surface area (TPSA) is 44.4 Å². The summed E-state index contributed by atoms with van der Waals surface area (Å²) in [6.45, 7) is 2.61. The number of benzene rings is 1. The van der Waals surface area contributed by atoms with Crippen molar-refractivity contribution in [2.45, 2.75) is 25.0 Å². The smallest absolute Gasteiger partial charge is 0.318 e. The number of urea groups is 1. The lowest BCUT2D eigenvalue weighted by Gasteiger charge is -2.30. The van der Waals surface area contributed by atoms with Crippen molar-refractivity contribution in [3.8, 4) is 0 Å². The van der Waals surface area contributed by atoms with E-state index in [1.165, 1.54) is 5.56 Å². The summed E-state index contributed by atoms with van der Waals surface area (Å²) in [4.78, 5) is 13.9. The number of rotatable bonds is 2. The van der Waals surface area contributed by atoms with Crippen LogP contribution >= 0.6 is 0 Å². The first-order valence-electron chi connectivity index (χ1n) is 6.16. The summed E-state index contributed by atoms with van der Waals surface area (Å²) in [5.74, 6) is 0. The van der Waals surface area contributed by atoms with Gasteiger partial charge in [-0.3, -0.25) is 0 Å². The summed E-state index contributed by atoms with van der Waals surface area (Å²) in [7, 11) is 0. The van der Waals surface area contributed by atoms with E-state index in [1.54, 1.807) is 0 Å². The van der Waals surface area contributed by atoms with Crippen molar-refractivity contribution >= 4 is 6.03 Å². The number of amides is 2. The summed E-state index contributed by atoms with van der Waals surface area (Å²) in [5, 5.41) is 6.37. The van der Waals surface area contributed by atoms with Gasteiger partial charge in [0.25, 0.3) is 0 Å². The van der Waals surface area contributed by atoms with E-state index in [1.807, 2.05) is 23.1 Å². The molecule has 2 heterocycles. The highest BCUT2D eigenvalue weighted by atomic mass is 16.2. The average Bonchev–Trinajstić information content (AvgIpc) is 2.68. The highest BCUT2D eigenvalue weighted by Crippen LogP contribution is 2.21. The van der Waals surface area contributed by atoms with Gasteiger partial charge in [-0.25, -0.2) is 4.79 Å². The Balaban J connectivity index is 1.76. The highest BCUT2D eigenvalue weighted by Gasteiger charge is 2.40. The number of hydrogen-bond donors (Lipinski definition) is 2. The number of carbonyl (C=O) groups is 1. The normalized spacial score (nSPS) is 27.8. The van der Waals surface area contributed by atoms with Crippen LogP contribution in [0.25, 0.3) is 0 Å². The van der Waals surface area contributed by atoms with E-state index in [0.717, 1.165) is 19.5 Å². The zero-order valence-electron chi connectivity index (χ0n) is 9.73. The molecule has 1 aromatic carbocycles. The Kier molecular flexibility index (Phi) is 2.73. The van der Waals surface area contributed by atoms with Gasteiger partial charge in [0.05, 0.1) is 12.1 Å². The summed E-state index contributed by atoms with van der Waals surface area (Å²) < 4.78 is 0. The van der Waals surface area contributed by atoms with Crippen LogP contribution < -0.4 is 10.6 Å². The van der Waals surface area contributed by atoms with Crippen LogP contribution in [0.1, 0.15) is 12.0 Å². The number of nitrogens with zero attached hydrogens (tertiary/aromatic N) is 1. The van der Waals surface area contributed by atoms with Crippen LogP contribution in [-0.2, 0) is 6.54 Å². The largest absolute Gasteiger partial charge is 0.332 e. The van der Waals surface area contributed by atoms with Crippen molar-refractivity contribution in [3.63, 3.8) is 0 Å². The maximum atomic E-state index is 11.9. The molecule has 0 saturated carbocycles. The minimum Gasteiger partial charge on any atom is -0.332 e. The van der Waals surface area contributed by atoms with Crippen LogP contribution in [0.2, 0.25) is 0 Å². The molecule has 0 aliphatic carbocycles. The van der Waals surface area contributed by atoms with E-state index in [4.69, 9.17) is 0 Å². The third-order valence-corrected chi connectivity index (χ3v) is 3.61. The molecule has 2 aliphatic heterocycles. The molecule has 2 aliphatic rings. The third kappa shape index (κ3) is 2.00. The molecule has 0 bridgehead atoms. The van der Waals surface area contributed by atoms with Gasteiger partial charge in [-0.15, -0.1) is 0 Å². The molecule has 2 fully saturated rings. The van der Waals surface area contributed by atoms with Gasteiger partial charge in [0.2, 0.25) is 0 Å². The first kappa shape index (κ1) is 10.6. The van der Waals surface area contributed by atoms with Crippen LogP contribution in [0, 0.1) is 0 Å². The van der Waals surface area contributed by atoms with Crippen LogP contribution in [0.5, 0.6) is 0 Å². The van der Waals surface area contributed by atoms with Crippen LogP contribution in [-0.4, -0.2) is 36.1 Å². The zero-order chi connectivity index (χ0) is 11.7. The number of piperidine rings is 1. The molecule has 2 unspecified atom stereocenters. The van der Waals surface area contributed by atoms with E-state index in [9.17, 15) is 4.79 Å². The lowest BCUT2D eigenvalue weighted by Crippen LogP contribution is -2.49. The van der Waals surface area contributed by atoms with Gasteiger partial charge in [-0.2, -0.15) is 0 Å². The standard InChI is InChI=1S/C13H17N3O/c17-13-15-11-8-14-7-6-12(11)16(13)9-10-4-2-1-3-5-10/h1-5,11-12,14H,6-9H2,(H,15,17). The Morgan fingerprint density at radius 3 is 2.94 bits per heavy atom. The fraction of sp³-hybridized carbons (Fsp3) is 0.462. The predicted molar refractivity (Wildman–Crippen MR) is 65.6 cm³/mol. The summed E-state index contributed by atoms with van der Waals surface area (Å²) in [6, 6.07) is 10.9. The van der Waals surface area contributed by atoms with Gasteiger partial charge in [-0.05, 0) is 18.5 Å². The molecule has 2 atom stereocenters. The van der Waals surface area contributed by atoms with Gasteiger partial charge in [0.15, 0.2) is 0 Å². The molecule has 0 aromatic heterocycles. The number of fused-ring (bicyclic) bond motifs is 1. The Hall–Kier alpha value is -1.55. The minimum atomic E-state index is 0.0764. The van der Waals surface area contributed by atoms with Gasteiger partial charge in [0.1, 0.15) is 0 Å². The molecule has 3 rings (SSSR count). The van der Waals surface area contributed by atoms with Crippen LogP contribution in [0.15, 0.2) is 30.3 Å². The van der Waals surface area contributed by atoms with Gasteiger partial charge < -0.3 is 15.5 Å². The zero-order valence-corrected chi connectivity index (χ0v) is 9.73. The minimum absolute atomic E-state index is 0.0764. The fourth-order valence-corrected chi connectivity index (χ4v) is 2.73. The Labute approximate surface area is 101 Å². The van der Waals surface area contributed by atoms with Crippen molar-refractivity contribution in [2.24, 2.45) is 0 Å². The molecule has 90 valence electrons. The summed E-state index contributed by atoms with van der Waals surface area (Å²) >= 11 is 0. The molecule has 4 nitrogen and oxygen atoms in total. The third-order valence-electron chi connectivity index (χ3n) is 3.61. The molecule has 1 aromatic rings. The molecule has 2 saturated heterocycles. The predicted octanol–water partition coefficient (Wildman–Crippen LogP) is 0.942. The van der Waals surface area contributed by atoms with Crippen molar-refractivity contribution in [1.29, 1.82) is 0 Å². The first-order chi connectivity index (χ1) is 8.34. The molecule has 0 radical (unpaired) electrons. The van der Waals surface area contributed by atoms with E-state index in [2.05, 4.69) is 22.8 Å².